The summed E-state index contributed by atoms with van der Waals surface area (Å²) in [6.07, 6.45) is -1.77. The van der Waals surface area contributed by atoms with E-state index in [2.05, 4.69) is 5.32 Å². The number of aliphatic hydroxyl groups excluding tert-OH is 1. The first-order chi connectivity index (χ1) is 12.8. The van der Waals surface area contributed by atoms with Gasteiger partial charge in [0.05, 0.1) is 30.4 Å². The normalized spacial score (nSPS) is 12.8. The number of ether oxygens (including phenoxy) is 3. The lowest BCUT2D eigenvalue weighted by Gasteiger charge is -2.19. The van der Waals surface area contributed by atoms with E-state index < -0.39 is 12.2 Å². The fourth-order valence-electron chi connectivity index (χ4n) is 2.36. The van der Waals surface area contributed by atoms with Crippen molar-refractivity contribution in [1.29, 1.82) is 0 Å². The van der Waals surface area contributed by atoms with Crippen molar-refractivity contribution in [3.05, 3.63) is 52.0 Å². The van der Waals surface area contributed by atoms with Gasteiger partial charge in [0.15, 0.2) is 6.10 Å². The number of halogens is 2. The van der Waals surface area contributed by atoms with E-state index in [4.69, 9.17) is 37.4 Å². The molecule has 6 nitrogen and oxygen atoms in total. The number of hydrogen-bond donors (Lipinski definition) is 2. The second kappa shape index (κ2) is 9.69. The maximum absolute atomic E-state index is 12.3. The highest BCUT2D eigenvalue weighted by molar-refractivity contribution is 6.42. The molecule has 1 amide bonds. The van der Waals surface area contributed by atoms with Gasteiger partial charge in [-0.1, -0.05) is 23.2 Å². The second-order valence-electron chi connectivity index (χ2n) is 5.70. The quantitative estimate of drug-likeness (QED) is 0.690. The van der Waals surface area contributed by atoms with Gasteiger partial charge in [0.25, 0.3) is 5.91 Å². The number of amides is 1. The van der Waals surface area contributed by atoms with Crippen molar-refractivity contribution in [3.63, 3.8) is 0 Å². The predicted octanol–water partition coefficient (Wildman–Crippen LogP) is 3.63. The van der Waals surface area contributed by atoms with Gasteiger partial charge in [0.2, 0.25) is 0 Å². The van der Waals surface area contributed by atoms with Crippen molar-refractivity contribution < 1.29 is 24.1 Å². The van der Waals surface area contributed by atoms with Gasteiger partial charge in [-0.25, -0.2) is 0 Å². The van der Waals surface area contributed by atoms with Crippen LogP contribution in [0.5, 0.6) is 17.2 Å². The van der Waals surface area contributed by atoms with Crippen LogP contribution >= 0.6 is 23.2 Å². The van der Waals surface area contributed by atoms with Crippen LogP contribution in [0.4, 0.5) is 0 Å². The second-order valence-corrected chi connectivity index (χ2v) is 6.52. The lowest BCUT2D eigenvalue weighted by molar-refractivity contribution is -0.127. The molecule has 0 aliphatic heterocycles. The zero-order chi connectivity index (χ0) is 20.0. The topological polar surface area (TPSA) is 77.0 Å². The zero-order valence-corrected chi connectivity index (χ0v) is 16.7. The lowest BCUT2D eigenvalue weighted by atomic mass is 10.1. The highest BCUT2D eigenvalue weighted by Crippen LogP contribution is 2.29. The molecule has 0 spiro atoms. The van der Waals surface area contributed by atoms with Crippen molar-refractivity contribution in [3.8, 4) is 17.2 Å². The molecule has 0 aromatic heterocycles. The molecule has 0 saturated heterocycles. The minimum absolute atomic E-state index is 0.0164. The van der Waals surface area contributed by atoms with Crippen LogP contribution in [0.2, 0.25) is 10.0 Å². The zero-order valence-electron chi connectivity index (χ0n) is 15.2. The summed E-state index contributed by atoms with van der Waals surface area (Å²) >= 11 is 11.8. The van der Waals surface area contributed by atoms with E-state index in [-0.39, 0.29) is 12.5 Å². The molecule has 146 valence electrons. The van der Waals surface area contributed by atoms with Gasteiger partial charge in [-0.2, -0.15) is 0 Å². The van der Waals surface area contributed by atoms with Gasteiger partial charge < -0.3 is 24.6 Å². The van der Waals surface area contributed by atoms with E-state index in [0.717, 1.165) is 0 Å². The summed E-state index contributed by atoms with van der Waals surface area (Å²) < 4.78 is 16.0. The lowest BCUT2D eigenvalue weighted by Crippen LogP contribution is -2.38. The number of benzene rings is 2. The van der Waals surface area contributed by atoms with Crippen LogP contribution in [0.25, 0.3) is 0 Å². The van der Waals surface area contributed by atoms with Gasteiger partial charge in [-0.15, -0.1) is 0 Å². The molecule has 2 aromatic carbocycles. The number of aliphatic hydroxyl groups is 1. The molecule has 8 heteroatoms. The molecule has 2 N–H and O–H groups in total. The SMILES string of the molecule is COc1ccc(OC)c(C(O)CNC(=O)C(C)Oc2ccc(Cl)c(Cl)c2)c1. The molecule has 0 aliphatic carbocycles. The highest BCUT2D eigenvalue weighted by atomic mass is 35.5. The van der Waals surface area contributed by atoms with Crippen LogP contribution in [-0.2, 0) is 4.79 Å². The van der Waals surface area contributed by atoms with Gasteiger partial charge in [-0.05, 0) is 37.3 Å². The third kappa shape index (κ3) is 5.66. The third-order valence-electron chi connectivity index (χ3n) is 3.84. The first-order valence-corrected chi connectivity index (χ1v) is 8.90. The number of carbonyl (C=O) groups is 1. The number of carbonyl (C=O) groups excluding carboxylic acids is 1. The molecule has 0 fully saturated rings. The molecule has 2 aromatic rings. The summed E-state index contributed by atoms with van der Waals surface area (Å²) in [7, 11) is 3.03. The fourth-order valence-corrected chi connectivity index (χ4v) is 2.65. The Bertz CT molecular complexity index is 800. The van der Waals surface area contributed by atoms with Gasteiger partial charge in [0, 0.05) is 18.2 Å². The van der Waals surface area contributed by atoms with Crippen molar-refractivity contribution >= 4 is 29.1 Å². The average Bonchev–Trinajstić information content (AvgIpc) is 2.67. The molecule has 0 radical (unpaired) electrons. The largest absolute Gasteiger partial charge is 0.497 e. The Kier molecular flexibility index (Phi) is 7.59. The number of rotatable bonds is 8. The Balaban J connectivity index is 1.96. The van der Waals surface area contributed by atoms with Crippen molar-refractivity contribution in [2.45, 2.75) is 19.1 Å². The Morgan fingerprint density at radius 1 is 1.07 bits per heavy atom. The van der Waals surface area contributed by atoms with E-state index >= 15 is 0 Å². The molecule has 0 heterocycles. The molecular weight excluding hydrogens is 393 g/mol. The van der Waals surface area contributed by atoms with Crippen LogP contribution in [0.15, 0.2) is 36.4 Å². The molecule has 0 saturated carbocycles. The smallest absolute Gasteiger partial charge is 0.260 e. The van der Waals surface area contributed by atoms with Gasteiger partial charge >= 0.3 is 0 Å². The van der Waals surface area contributed by atoms with E-state index in [1.165, 1.54) is 20.3 Å². The van der Waals surface area contributed by atoms with Crippen LogP contribution in [0, 0.1) is 0 Å². The summed E-state index contributed by atoms with van der Waals surface area (Å²) in [5.74, 6) is 1.11. The number of hydrogen-bond acceptors (Lipinski definition) is 5. The summed E-state index contributed by atoms with van der Waals surface area (Å²) in [6.45, 7) is 1.58. The molecule has 0 aliphatic rings. The van der Waals surface area contributed by atoms with Gasteiger partial charge in [-0.3, -0.25) is 4.79 Å². The van der Waals surface area contributed by atoms with E-state index in [0.29, 0.717) is 32.9 Å². The predicted molar refractivity (Wildman–Crippen MR) is 104 cm³/mol. The Hall–Kier alpha value is -2.15. The Morgan fingerprint density at radius 2 is 1.78 bits per heavy atom. The summed E-state index contributed by atoms with van der Waals surface area (Å²) in [5.41, 5.74) is 0.509. The van der Waals surface area contributed by atoms with Crippen LogP contribution in [-0.4, -0.2) is 37.9 Å². The summed E-state index contributed by atoms with van der Waals surface area (Å²) in [5, 5.41) is 13.8. The molecule has 27 heavy (non-hydrogen) atoms. The summed E-state index contributed by atoms with van der Waals surface area (Å²) in [6, 6.07) is 9.81. The van der Waals surface area contributed by atoms with Gasteiger partial charge in [0.1, 0.15) is 17.2 Å². The maximum Gasteiger partial charge on any atom is 0.260 e. The third-order valence-corrected chi connectivity index (χ3v) is 4.58. The summed E-state index contributed by atoms with van der Waals surface area (Å²) in [4.78, 5) is 12.3. The minimum Gasteiger partial charge on any atom is -0.497 e. The van der Waals surface area contributed by atoms with Crippen LogP contribution < -0.4 is 19.5 Å². The maximum atomic E-state index is 12.3. The molecule has 2 rings (SSSR count). The van der Waals surface area contributed by atoms with Crippen molar-refractivity contribution in [1.82, 2.24) is 5.32 Å². The first kappa shape index (κ1) is 21.2. The number of nitrogens with one attached hydrogen (secondary N) is 1. The Morgan fingerprint density at radius 3 is 2.41 bits per heavy atom. The van der Waals surface area contributed by atoms with Crippen molar-refractivity contribution in [2.75, 3.05) is 20.8 Å². The first-order valence-electron chi connectivity index (χ1n) is 8.15. The standard InChI is InChI=1S/C19H21Cl2NO5/c1-11(27-13-4-6-15(20)16(21)9-13)19(24)22-10-17(23)14-8-12(25-2)5-7-18(14)26-3/h4-9,11,17,23H,10H2,1-3H3,(H,22,24). The Labute approximate surface area is 167 Å². The average molecular weight is 414 g/mol. The number of methoxy groups -OCH3 is 2. The molecular formula is C19H21Cl2NO5. The minimum atomic E-state index is -0.976. The van der Waals surface area contributed by atoms with E-state index in [1.807, 2.05) is 0 Å². The van der Waals surface area contributed by atoms with Crippen molar-refractivity contribution in [2.24, 2.45) is 0 Å². The van der Waals surface area contributed by atoms with Crippen LogP contribution in [0.3, 0.4) is 0 Å². The molecule has 2 unspecified atom stereocenters. The van der Waals surface area contributed by atoms with Crippen LogP contribution in [0.1, 0.15) is 18.6 Å². The molecule has 2 atom stereocenters. The monoisotopic (exact) mass is 413 g/mol. The van der Waals surface area contributed by atoms with E-state index in [9.17, 15) is 9.90 Å². The highest BCUT2D eigenvalue weighted by Gasteiger charge is 2.19. The van der Waals surface area contributed by atoms with E-state index in [1.54, 1.807) is 37.3 Å². The fraction of sp³-hybridized carbons (Fsp3) is 0.316. The molecule has 0 bridgehead atoms.